The average molecular weight is 366 g/mol. The molecule has 1 N–H and O–H groups in total. The lowest BCUT2D eigenvalue weighted by Crippen LogP contribution is -2.47. The number of rotatable bonds is 4. The molecule has 1 aliphatic rings. The Labute approximate surface area is 149 Å². The zero-order chi connectivity index (χ0) is 17.8. The Kier molecular flexibility index (Phi) is 5.65. The molecule has 2 heterocycles. The number of nitrogens with zero attached hydrogens (tertiary/aromatic N) is 1. The number of carbonyl (C=O) groups excluding carboxylic acids is 1. The van der Waals surface area contributed by atoms with Crippen LogP contribution >= 0.6 is 11.3 Å². The minimum absolute atomic E-state index is 0.169. The van der Waals surface area contributed by atoms with Gasteiger partial charge in [-0.3, -0.25) is 0 Å². The van der Waals surface area contributed by atoms with E-state index in [9.17, 15) is 13.6 Å². The van der Waals surface area contributed by atoms with Crippen LogP contribution in [0.1, 0.15) is 30.1 Å². The van der Waals surface area contributed by atoms with Gasteiger partial charge >= 0.3 is 6.03 Å². The average Bonchev–Trinajstić information content (AvgIpc) is 3.16. The van der Waals surface area contributed by atoms with Crippen molar-refractivity contribution in [1.29, 1.82) is 0 Å². The highest BCUT2D eigenvalue weighted by atomic mass is 32.1. The highest BCUT2D eigenvalue weighted by molar-refractivity contribution is 7.07. The molecule has 1 aromatic carbocycles. The van der Waals surface area contributed by atoms with Crippen LogP contribution in [-0.2, 0) is 4.74 Å². The quantitative estimate of drug-likeness (QED) is 0.891. The fourth-order valence-corrected chi connectivity index (χ4v) is 3.56. The van der Waals surface area contributed by atoms with E-state index >= 15 is 0 Å². The summed E-state index contributed by atoms with van der Waals surface area (Å²) in [5, 5.41) is 7.02. The number of benzene rings is 1. The lowest BCUT2D eigenvalue weighted by atomic mass is 10.1. The van der Waals surface area contributed by atoms with Gasteiger partial charge in [-0.2, -0.15) is 11.3 Å². The minimum Gasteiger partial charge on any atom is -0.370 e. The molecule has 25 heavy (non-hydrogen) atoms. The zero-order valence-corrected chi connectivity index (χ0v) is 14.7. The Hall–Kier alpha value is -1.99. The Morgan fingerprint density at radius 2 is 2.24 bits per heavy atom. The minimum atomic E-state index is -0.910. The first-order valence-electron chi connectivity index (χ1n) is 8.16. The first-order valence-corrected chi connectivity index (χ1v) is 9.10. The third-order valence-corrected chi connectivity index (χ3v) is 5.04. The second-order valence-corrected chi connectivity index (χ2v) is 6.90. The van der Waals surface area contributed by atoms with Gasteiger partial charge in [0.15, 0.2) is 11.6 Å². The Morgan fingerprint density at radius 3 is 2.96 bits per heavy atom. The first-order chi connectivity index (χ1) is 12.0. The predicted octanol–water partition coefficient (Wildman–Crippen LogP) is 3.91. The standard InChI is InChI=1S/C18H20F2N2O2S/c1-12(14-4-7-25-11-14)9-21-18(23)22-5-6-24-17(10-22)13-2-3-15(19)16(20)8-13/h2-4,7-8,11-12,17H,5-6,9-10H2,1H3,(H,21,23)/t12-,17+/m1/s1. The molecule has 1 aromatic heterocycles. The normalized spacial score (nSPS) is 18.8. The fourth-order valence-electron chi connectivity index (χ4n) is 2.77. The van der Waals surface area contributed by atoms with Gasteiger partial charge in [0.2, 0.25) is 0 Å². The maximum absolute atomic E-state index is 13.4. The lowest BCUT2D eigenvalue weighted by molar-refractivity contribution is -0.0156. The van der Waals surface area contributed by atoms with E-state index in [1.807, 2.05) is 5.38 Å². The van der Waals surface area contributed by atoms with Crippen molar-refractivity contribution in [2.24, 2.45) is 0 Å². The molecular weight excluding hydrogens is 346 g/mol. The molecule has 0 spiro atoms. The van der Waals surface area contributed by atoms with Crippen LogP contribution in [0.2, 0.25) is 0 Å². The Bertz CT molecular complexity index is 724. The number of morpholine rings is 1. The summed E-state index contributed by atoms with van der Waals surface area (Å²) in [6.07, 6.45) is -0.455. The summed E-state index contributed by atoms with van der Waals surface area (Å²) in [5.74, 6) is -1.57. The van der Waals surface area contributed by atoms with Crippen LogP contribution in [0.3, 0.4) is 0 Å². The van der Waals surface area contributed by atoms with Crippen LogP contribution in [0.15, 0.2) is 35.0 Å². The molecule has 1 aliphatic heterocycles. The second kappa shape index (κ2) is 7.93. The first kappa shape index (κ1) is 17.8. The largest absolute Gasteiger partial charge is 0.370 e. The summed E-state index contributed by atoms with van der Waals surface area (Å²) >= 11 is 1.63. The summed E-state index contributed by atoms with van der Waals surface area (Å²) in [7, 11) is 0. The third-order valence-electron chi connectivity index (χ3n) is 4.34. The van der Waals surface area contributed by atoms with Gasteiger partial charge in [0.25, 0.3) is 0 Å². The summed E-state index contributed by atoms with van der Waals surface area (Å²) in [5.41, 5.74) is 1.73. The van der Waals surface area contributed by atoms with Crippen molar-refractivity contribution in [3.05, 3.63) is 57.8 Å². The summed E-state index contributed by atoms with van der Waals surface area (Å²) in [6.45, 7) is 3.74. The van der Waals surface area contributed by atoms with Crippen molar-refractivity contribution < 1.29 is 18.3 Å². The SMILES string of the molecule is C[C@H](CNC(=O)N1CCO[C@H](c2ccc(F)c(F)c2)C1)c1ccsc1. The van der Waals surface area contributed by atoms with E-state index in [0.717, 1.165) is 12.1 Å². The second-order valence-electron chi connectivity index (χ2n) is 6.12. The molecule has 1 saturated heterocycles. The van der Waals surface area contributed by atoms with E-state index in [2.05, 4.69) is 23.7 Å². The number of hydrogen-bond acceptors (Lipinski definition) is 3. The van der Waals surface area contributed by atoms with Crippen molar-refractivity contribution in [3.8, 4) is 0 Å². The highest BCUT2D eigenvalue weighted by Gasteiger charge is 2.26. The molecule has 1 fully saturated rings. The number of halogens is 2. The lowest BCUT2D eigenvalue weighted by Gasteiger charge is -2.33. The van der Waals surface area contributed by atoms with E-state index < -0.39 is 17.7 Å². The van der Waals surface area contributed by atoms with E-state index in [4.69, 9.17) is 4.74 Å². The van der Waals surface area contributed by atoms with Gasteiger partial charge in [-0.1, -0.05) is 13.0 Å². The number of ether oxygens (including phenoxy) is 1. The van der Waals surface area contributed by atoms with Crippen molar-refractivity contribution in [2.45, 2.75) is 18.9 Å². The van der Waals surface area contributed by atoms with Crippen molar-refractivity contribution in [3.63, 3.8) is 0 Å². The van der Waals surface area contributed by atoms with Gasteiger partial charge < -0.3 is 15.0 Å². The Morgan fingerprint density at radius 1 is 1.40 bits per heavy atom. The van der Waals surface area contributed by atoms with E-state index in [1.54, 1.807) is 16.2 Å². The van der Waals surface area contributed by atoms with Crippen LogP contribution in [0.4, 0.5) is 13.6 Å². The van der Waals surface area contributed by atoms with Crippen LogP contribution < -0.4 is 5.32 Å². The molecule has 0 aliphatic carbocycles. The predicted molar refractivity (Wildman–Crippen MR) is 92.8 cm³/mol. The van der Waals surface area contributed by atoms with Gasteiger partial charge in [-0.15, -0.1) is 0 Å². The topological polar surface area (TPSA) is 41.6 Å². The van der Waals surface area contributed by atoms with Crippen molar-refractivity contribution in [2.75, 3.05) is 26.2 Å². The monoisotopic (exact) mass is 366 g/mol. The maximum atomic E-state index is 13.4. The molecule has 7 heteroatoms. The molecule has 4 nitrogen and oxygen atoms in total. The van der Waals surface area contributed by atoms with Gasteiger partial charge in [-0.25, -0.2) is 13.6 Å². The number of nitrogens with one attached hydrogen (secondary N) is 1. The molecule has 0 bridgehead atoms. The zero-order valence-electron chi connectivity index (χ0n) is 13.9. The third kappa shape index (κ3) is 4.35. The van der Waals surface area contributed by atoms with Gasteiger partial charge in [0.1, 0.15) is 6.10 Å². The number of thiophene rings is 1. The van der Waals surface area contributed by atoms with Crippen LogP contribution in [0.25, 0.3) is 0 Å². The number of urea groups is 1. The highest BCUT2D eigenvalue weighted by Crippen LogP contribution is 2.24. The van der Waals surface area contributed by atoms with Crippen LogP contribution in [0.5, 0.6) is 0 Å². The molecule has 0 radical (unpaired) electrons. The van der Waals surface area contributed by atoms with Crippen molar-refractivity contribution >= 4 is 17.4 Å². The summed E-state index contributed by atoms with van der Waals surface area (Å²) in [4.78, 5) is 14.0. The van der Waals surface area contributed by atoms with E-state index in [1.165, 1.54) is 11.6 Å². The Balaban J connectivity index is 1.57. The number of amides is 2. The molecule has 0 unspecified atom stereocenters. The molecule has 2 amide bonds. The van der Waals surface area contributed by atoms with Crippen molar-refractivity contribution in [1.82, 2.24) is 10.2 Å². The smallest absolute Gasteiger partial charge is 0.317 e. The number of carbonyl (C=O) groups is 1. The van der Waals surface area contributed by atoms with Crippen LogP contribution in [0, 0.1) is 11.6 Å². The fraction of sp³-hybridized carbons (Fsp3) is 0.389. The van der Waals surface area contributed by atoms with Gasteiger partial charge in [0, 0.05) is 13.1 Å². The van der Waals surface area contributed by atoms with Gasteiger partial charge in [0.05, 0.1) is 13.2 Å². The molecule has 134 valence electrons. The summed E-state index contributed by atoms with van der Waals surface area (Å²) in [6, 6.07) is 5.58. The molecule has 0 saturated carbocycles. The van der Waals surface area contributed by atoms with Crippen LogP contribution in [-0.4, -0.2) is 37.2 Å². The summed E-state index contributed by atoms with van der Waals surface area (Å²) < 4.78 is 32.1. The molecular formula is C18H20F2N2O2S. The number of hydrogen-bond donors (Lipinski definition) is 1. The molecule has 2 aromatic rings. The molecule has 3 rings (SSSR count). The molecule has 2 atom stereocenters. The van der Waals surface area contributed by atoms with E-state index in [-0.39, 0.29) is 11.9 Å². The van der Waals surface area contributed by atoms with E-state index in [0.29, 0.717) is 31.8 Å². The van der Waals surface area contributed by atoms with Gasteiger partial charge in [-0.05, 0) is 46.0 Å². The maximum Gasteiger partial charge on any atom is 0.317 e.